The molecule has 4 heteroatoms. The molecule has 3 rings (SSSR count). The van der Waals surface area contributed by atoms with Crippen LogP contribution in [0, 0.1) is 0 Å². The predicted octanol–water partition coefficient (Wildman–Crippen LogP) is 2.38. The van der Waals surface area contributed by atoms with E-state index in [4.69, 9.17) is 4.84 Å². The maximum Gasteiger partial charge on any atom is 0.109 e. The zero-order chi connectivity index (χ0) is 15.7. The molecule has 1 aromatic rings. The fraction of sp³-hybridized carbons (Fsp3) is 0.667. The Bertz CT molecular complexity index is 495. The molecule has 0 radical (unpaired) electrons. The van der Waals surface area contributed by atoms with Crippen molar-refractivity contribution in [1.29, 1.82) is 0 Å². The summed E-state index contributed by atoms with van der Waals surface area (Å²) in [5, 5.41) is 11.9. The number of aliphatic hydroxyl groups is 1. The third-order valence-corrected chi connectivity index (χ3v) is 5.51. The summed E-state index contributed by atoms with van der Waals surface area (Å²) in [5.74, 6) is 0. The van der Waals surface area contributed by atoms with Gasteiger partial charge in [-0.15, -0.1) is 0 Å². The number of piperidine rings is 1. The van der Waals surface area contributed by atoms with E-state index in [0.717, 1.165) is 31.4 Å². The van der Waals surface area contributed by atoms with Gasteiger partial charge in [-0.2, -0.15) is 5.06 Å². The molecule has 1 aromatic carbocycles. The van der Waals surface area contributed by atoms with Crippen molar-refractivity contribution in [3.63, 3.8) is 0 Å². The maximum absolute atomic E-state index is 9.87. The van der Waals surface area contributed by atoms with E-state index in [0.29, 0.717) is 12.1 Å². The topological polar surface area (TPSA) is 35.7 Å². The highest BCUT2D eigenvalue weighted by Gasteiger charge is 2.55. The summed E-state index contributed by atoms with van der Waals surface area (Å²) in [6.07, 6.45) is 3.54. The van der Waals surface area contributed by atoms with Gasteiger partial charge in [-0.3, -0.25) is 4.84 Å². The van der Waals surface area contributed by atoms with E-state index < -0.39 is 0 Å². The summed E-state index contributed by atoms with van der Waals surface area (Å²) in [5.41, 5.74) is 0.820. The van der Waals surface area contributed by atoms with E-state index in [-0.39, 0.29) is 18.2 Å². The molecule has 4 nitrogen and oxygen atoms in total. The second-order valence-electron chi connectivity index (χ2n) is 6.87. The summed E-state index contributed by atoms with van der Waals surface area (Å²) in [7, 11) is 2.22. The molecule has 2 aliphatic heterocycles. The van der Waals surface area contributed by atoms with Gasteiger partial charge in [-0.25, -0.2) is 0 Å². The van der Waals surface area contributed by atoms with Gasteiger partial charge in [0.25, 0.3) is 0 Å². The van der Waals surface area contributed by atoms with E-state index >= 15 is 0 Å². The number of likely N-dealkylation sites (tertiary alicyclic amines) is 1. The molecule has 122 valence electrons. The Kier molecular flexibility index (Phi) is 4.55. The standard InChI is InChI=1S/C18H28N2O2/c1-4-16-11-17(10-14(2)19(16)3)22-20-12-18(20,13-21)15-8-6-5-7-9-15/h5-9,14,16-17,21H,4,10-13H2,1-3H3. The second kappa shape index (κ2) is 6.28. The molecule has 22 heavy (non-hydrogen) atoms. The van der Waals surface area contributed by atoms with Crippen molar-refractivity contribution in [2.75, 3.05) is 20.2 Å². The summed E-state index contributed by atoms with van der Waals surface area (Å²) in [6, 6.07) is 11.3. The highest BCUT2D eigenvalue weighted by molar-refractivity contribution is 5.30. The number of hydrogen-bond acceptors (Lipinski definition) is 4. The van der Waals surface area contributed by atoms with Crippen molar-refractivity contribution >= 4 is 0 Å². The van der Waals surface area contributed by atoms with Crippen LogP contribution in [0.25, 0.3) is 0 Å². The smallest absolute Gasteiger partial charge is 0.109 e. The van der Waals surface area contributed by atoms with Gasteiger partial charge in [0.1, 0.15) is 5.54 Å². The first kappa shape index (κ1) is 15.9. The van der Waals surface area contributed by atoms with Crippen LogP contribution in [0.1, 0.15) is 38.7 Å². The number of aliphatic hydroxyl groups excluding tert-OH is 1. The Balaban J connectivity index is 1.65. The Hall–Kier alpha value is -0.940. The molecule has 2 fully saturated rings. The largest absolute Gasteiger partial charge is 0.394 e. The third-order valence-electron chi connectivity index (χ3n) is 5.51. The monoisotopic (exact) mass is 304 g/mol. The minimum Gasteiger partial charge on any atom is -0.394 e. The molecule has 2 saturated heterocycles. The molecule has 0 amide bonds. The molecule has 0 aromatic heterocycles. The first-order valence-corrected chi connectivity index (χ1v) is 8.43. The van der Waals surface area contributed by atoms with Gasteiger partial charge < -0.3 is 10.0 Å². The molecule has 0 bridgehead atoms. The molecule has 5 unspecified atom stereocenters. The average Bonchev–Trinajstić information content (AvgIpc) is 3.26. The zero-order valence-corrected chi connectivity index (χ0v) is 13.9. The van der Waals surface area contributed by atoms with Crippen LogP contribution in [0.5, 0.6) is 0 Å². The first-order chi connectivity index (χ1) is 10.6. The number of nitrogens with zero attached hydrogens (tertiary/aromatic N) is 2. The fourth-order valence-corrected chi connectivity index (χ4v) is 3.74. The summed E-state index contributed by atoms with van der Waals surface area (Å²) in [6.45, 7) is 5.41. The van der Waals surface area contributed by atoms with Crippen molar-refractivity contribution in [2.45, 2.75) is 56.8 Å². The maximum atomic E-state index is 9.87. The van der Waals surface area contributed by atoms with E-state index in [1.54, 1.807) is 0 Å². The quantitative estimate of drug-likeness (QED) is 0.847. The Labute approximate surface area is 133 Å². The van der Waals surface area contributed by atoms with Gasteiger partial charge in [-0.05, 0) is 38.8 Å². The lowest BCUT2D eigenvalue weighted by Crippen LogP contribution is -2.48. The highest BCUT2D eigenvalue weighted by atomic mass is 16.7. The lowest BCUT2D eigenvalue weighted by Gasteiger charge is -2.41. The van der Waals surface area contributed by atoms with Crippen LogP contribution in [0.4, 0.5) is 0 Å². The van der Waals surface area contributed by atoms with E-state index in [9.17, 15) is 5.11 Å². The Morgan fingerprint density at radius 1 is 1.27 bits per heavy atom. The van der Waals surface area contributed by atoms with Gasteiger partial charge in [0, 0.05) is 12.1 Å². The SMILES string of the molecule is CCC1CC(ON2CC2(CO)c2ccccc2)CC(C)N1C. The predicted molar refractivity (Wildman–Crippen MR) is 87.3 cm³/mol. The van der Waals surface area contributed by atoms with Crippen LogP contribution in [0.3, 0.4) is 0 Å². The molecule has 1 N–H and O–H groups in total. The molecule has 0 aliphatic carbocycles. The lowest BCUT2D eigenvalue weighted by molar-refractivity contribution is -0.171. The zero-order valence-electron chi connectivity index (χ0n) is 13.9. The Morgan fingerprint density at radius 2 is 2.00 bits per heavy atom. The van der Waals surface area contributed by atoms with Gasteiger partial charge in [0.15, 0.2) is 0 Å². The average molecular weight is 304 g/mol. The van der Waals surface area contributed by atoms with Gasteiger partial charge >= 0.3 is 0 Å². The normalized spacial score (nSPS) is 38.9. The lowest BCUT2D eigenvalue weighted by atomic mass is 9.93. The van der Waals surface area contributed by atoms with Gasteiger partial charge in [0.2, 0.25) is 0 Å². The van der Waals surface area contributed by atoms with Crippen LogP contribution in [0.2, 0.25) is 0 Å². The fourth-order valence-electron chi connectivity index (χ4n) is 3.74. The molecular formula is C18H28N2O2. The molecule has 0 saturated carbocycles. The highest BCUT2D eigenvalue weighted by Crippen LogP contribution is 2.44. The Morgan fingerprint density at radius 3 is 2.64 bits per heavy atom. The molecule has 5 atom stereocenters. The van der Waals surface area contributed by atoms with Crippen molar-refractivity contribution < 1.29 is 9.94 Å². The van der Waals surface area contributed by atoms with Crippen LogP contribution in [-0.2, 0) is 10.4 Å². The summed E-state index contributed by atoms with van der Waals surface area (Å²) < 4.78 is 0. The van der Waals surface area contributed by atoms with E-state index in [2.05, 4.69) is 37.9 Å². The molecule has 2 aliphatic rings. The number of hydroxylamine groups is 2. The van der Waals surface area contributed by atoms with Crippen LogP contribution >= 0.6 is 0 Å². The van der Waals surface area contributed by atoms with E-state index in [1.165, 1.54) is 0 Å². The summed E-state index contributed by atoms with van der Waals surface area (Å²) >= 11 is 0. The second-order valence-corrected chi connectivity index (χ2v) is 6.87. The van der Waals surface area contributed by atoms with Gasteiger partial charge in [-0.1, -0.05) is 37.3 Å². The molecule has 0 spiro atoms. The van der Waals surface area contributed by atoms with Crippen molar-refractivity contribution in [3.8, 4) is 0 Å². The van der Waals surface area contributed by atoms with Crippen molar-refractivity contribution in [2.24, 2.45) is 0 Å². The van der Waals surface area contributed by atoms with Crippen molar-refractivity contribution in [1.82, 2.24) is 9.96 Å². The van der Waals surface area contributed by atoms with E-state index in [1.807, 2.05) is 23.3 Å². The van der Waals surface area contributed by atoms with Crippen LogP contribution < -0.4 is 0 Å². The number of rotatable bonds is 5. The minimum atomic E-state index is -0.324. The van der Waals surface area contributed by atoms with Crippen LogP contribution in [-0.4, -0.2) is 53.5 Å². The van der Waals surface area contributed by atoms with Crippen LogP contribution in [0.15, 0.2) is 30.3 Å². The number of benzene rings is 1. The minimum absolute atomic E-state index is 0.108. The third kappa shape index (κ3) is 2.81. The number of hydrogen-bond donors (Lipinski definition) is 1. The van der Waals surface area contributed by atoms with Crippen molar-refractivity contribution in [3.05, 3.63) is 35.9 Å². The van der Waals surface area contributed by atoms with Gasteiger partial charge in [0.05, 0.1) is 19.3 Å². The molecular weight excluding hydrogens is 276 g/mol. The summed E-state index contributed by atoms with van der Waals surface area (Å²) in [4.78, 5) is 8.73. The molecule has 2 heterocycles. The first-order valence-electron chi connectivity index (χ1n) is 8.43.